The molecule has 0 aliphatic carbocycles. The fraction of sp³-hybridized carbons (Fsp3) is 0.786. The van der Waals surface area contributed by atoms with E-state index in [-0.39, 0.29) is 18.4 Å². The van der Waals surface area contributed by atoms with Crippen molar-refractivity contribution in [3.63, 3.8) is 0 Å². The average Bonchev–Trinajstić information content (AvgIpc) is 2.24. The Bertz CT molecular complexity index is 384. The van der Waals surface area contributed by atoms with E-state index in [1.807, 2.05) is 0 Å². The first-order valence-corrected chi connectivity index (χ1v) is 6.66. The zero-order valence-corrected chi connectivity index (χ0v) is 13.0. The van der Waals surface area contributed by atoms with Crippen molar-refractivity contribution in [3.8, 4) is 0 Å². The fourth-order valence-electron chi connectivity index (χ4n) is 1.91. The van der Waals surface area contributed by atoms with Crippen LogP contribution in [0.25, 0.3) is 0 Å². The first-order valence-electron chi connectivity index (χ1n) is 6.66. The molecular formula is C14H25NO5. The molecule has 0 radical (unpaired) electrons. The molecule has 0 spiro atoms. The van der Waals surface area contributed by atoms with Gasteiger partial charge >= 0.3 is 11.9 Å². The lowest BCUT2D eigenvalue weighted by Gasteiger charge is -2.36. The van der Waals surface area contributed by atoms with Crippen LogP contribution in [0.2, 0.25) is 0 Å². The molecule has 6 nitrogen and oxygen atoms in total. The molecule has 2 N–H and O–H groups in total. The van der Waals surface area contributed by atoms with Crippen LogP contribution < -0.4 is 0 Å². The number of carboxylic acid groups (broad SMARTS) is 2. The SMILES string of the molecule is CC(CN(C(=O)C(C)(C)C)C(C(=O)O)C(C)C)C(=O)O. The number of rotatable bonds is 6. The lowest BCUT2D eigenvalue weighted by molar-refractivity contribution is -0.158. The zero-order valence-electron chi connectivity index (χ0n) is 13.0. The van der Waals surface area contributed by atoms with Gasteiger partial charge in [0.25, 0.3) is 0 Å². The average molecular weight is 287 g/mol. The van der Waals surface area contributed by atoms with Gasteiger partial charge in [-0.25, -0.2) is 4.79 Å². The molecule has 0 bridgehead atoms. The van der Waals surface area contributed by atoms with Crippen molar-refractivity contribution in [2.24, 2.45) is 17.3 Å². The van der Waals surface area contributed by atoms with Crippen molar-refractivity contribution < 1.29 is 24.6 Å². The standard InChI is InChI=1S/C14H25NO5/c1-8(2)10(12(18)19)15(7-9(3)11(16)17)13(20)14(4,5)6/h8-10H,7H2,1-6H3,(H,16,17)(H,18,19). The highest BCUT2D eigenvalue weighted by Crippen LogP contribution is 2.23. The van der Waals surface area contributed by atoms with Gasteiger partial charge in [0.2, 0.25) is 5.91 Å². The Kier molecular flexibility index (Phi) is 6.19. The lowest BCUT2D eigenvalue weighted by atomic mass is 9.91. The van der Waals surface area contributed by atoms with E-state index >= 15 is 0 Å². The minimum atomic E-state index is -1.12. The number of nitrogens with zero attached hydrogens (tertiary/aromatic N) is 1. The lowest BCUT2D eigenvalue weighted by Crippen LogP contribution is -2.53. The van der Waals surface area contributed by atoms with E-state index in [0.717, 1.165) is 0 Å². The van der Waals surface area contributed by atoms with Crippen LogP contribution in [0.15, 0.2) is 0 Å². The minimum absolute atomic E-state index is 0.111. The number of carbonyl (C=O) groups is 3. The van der Waals surface area contributed by atoms with Crippen LogP contribution in [0.3, 0.4) is 0 Å². The normalized spacial score (nSPS) is 14.8. The number of carboxylic acids is 2. The molecule has 0 aromatic carbocycles. The van der Waals surface area contributed by atoms with Crippen LogP contribution in [-0.2, 0) is 14.4 Å². The topological polar surface area (TPSA) is 94.9 Å². The molecule has 0 rings (SSSR count). The van der Waals surface area contributed by atoms with Gasteiger partial charge in [-0.15, -0.1) is 0 Å². The largest absolute Gasteiger partial charge is 0.481 e. The summed E-state index contributed by atoms with van der Waals surface area (Å²) in [7, 11) is 0. The molecular weight excluding hydrogens is 262 g/mol. The summed E-state index contributed by atoms with van der Waals surface area (Å²) < 4.78 is 0. The molecule has 1 amide bonds. The molecule has 6 heteroatoms. The number of hydrogen-bond donors (Lipinski definition) is 2. The van der Waals surface area contributed by atoms with Gasteiger partial charge in [0.15, 0.2) is 0 Å². The van der Waals surface area contributed by atoms with Crippen LogP contribution in [0.1, 0.15) is 41.5 Å². The van der Waals surface area contributed by atoms with Gasteiger partial charge < -0.3 is 15.1 Å². The Morgan fingerprint density at radius 1 is 1.00 bits per heavy atom. The predicted molar refractivity (Wildman–Crippen MR) is 74.2 cm³/mol. The van der Waals surface area contributed by atoms with Crippen LogP contribution in [-0.4, -0.2) is 45.5 Å². The van der Waals surface area contributed by atoms with Crippen molar-refractivity contribution in [2.45, 2.75) is 47.6 Å². The highest BCUT2D eigenvalue weighted by atomic mass is 16.4. The number of aliphatic carboxylic acids is 2. The second-order valence-electron chi connectivity index (χ2n) is 6.47. The third-order valence-electron chi connectivity index (χ3n) is 3.01. The maximum atomic E-state index is 12.4. The van der Waals surface area contributed by atoms with Crippen LogP contribution >= 0.6 is 0 Å². The summed E-state index contributed by atoms with van der Waals surface area (Å²) in [5.74, 6) is -3.65. The number of amides is 1. The van der Waals surface area contributed by atoms with Gasteiger partial charge in [-0.1, -0.05) is 41.5 Å². The molecule has 116 valence electrons. The maximum absolute atomic E-state index is 12.4. The van der Waals surface area contributed by atoms with E-state index < -0.39 is 29.3 Å². The molecule has 0 fully saturated rings. The van der Waals surface area contributed by atoms with E-state index in [0.29, 0.717) is 0 Å². The van der Waals surface area contributed by atoms with E-state index in [1.165, 1.54) is 11.8 Å². The molecule has 0 aliphatic heterocycles. The Morgan fingerprint density at radius 3 is 1.70 bits per heavy atom. The molecule has 2 unspecified atom stereocenters. The van der Waals surface area contributed by atoms with Crippen molar-refractivity contribution in [1.82, 2.24) is 4.90 Å². The summed E-state index contributed by atoms with van der Waals surface area (Å²) in [4.78, 5) is 36.0. The molecule has 0 saturated heterocycles. The highest BCUT2D eigenvalue weighted by Gasteiger charge is 2.38. The van der Waals surface area contributed by atoms with Gasteiger partial charge in [-0.05, 0) is 5.92 Å². The third kappa shape index (κ3) is 4.83. The number of carbonyl (C=O) groups excluding carboxylic acids is 1. The third-order valence-corrected chi connectivity index (χ3v) is 3.01. The van der Waals surface area contributed by atoms with Crippen molar-refractivity contribution in [2.75, 3.05) is 6.54 Å². The monoisotopic (exact) mass is 287 g/mol. The number of hydrogen-bond acceptors (Lipinski definition) is 3. The van der Waals surface area contributed by atoms with Crippen LogP contribution in [0, 0.1) is 17.3 Å². The first kappa shape index (κ1) is 18.4. The van der Waals surface area contributed by atoms with Crippen molar-refractivity contribution >= 4 is 17.8 Å². The van der Waals surface area contributed by atoms with Gasteiger partial charge in [-0.2, -0.15) is 0 Å². The predicted octanol–water partition coefficient (Wildman–Crippen LogP) is 1.69. The van der Waals surface area contributed by atoms with E-state index in [9.17, 15) is 19.5 Å². The molecule has 0 aromatic rings. The van der Waals surface area contributed by atoms with Gasteiger partial charge in [0.1, 0.15) is 6.04 Å². The van der Waals surface area contributed by atoms with E-state index in [2.05, 4.69) is 0 Å². The zero-order chi connectivity index (χ0) is 16.2. The second-order valence-corrected chi connectivity index (χ2v) is 6.47. The van der Waals surface area contributed by atoms with Gasteiger partial charge in [-0.3, -0.25) is 9.59 Å². The van der Waals surface area contributed by atoms with Crippen LogP contribution in [0.5, 0.6) is 0 Å². The fourth-order valence-corrected chi connectivity index (χ4v) is 1.91. The molecule has 2 atom stereocenters. The van der Waals surface area contributed by atoms with Crippen molar-refractivity contribution in [3.05, 3.63) is 0 Å². The second kappa shape index (κ2) is 6.72. The molecule has 0 aromatic heterocycles. The Labute approximate surface area is 119 Å². The maximum Gasteiger partial charge on any atom is 0.326 e. The minimum Gasteiger partial charge on any atom is -0.481 e. The molecule has 0 saturated carbocycles. The van der Waals surface area contributed by atoms with E-state index in [4.69, 9.17) is 5.11 Å². The summed E-state index contributed by atoms with van der Waals surface area (Å²) in [5.41, 5.74) is -0.763. The summed E-state index contributed by atoms with van der Waals surface area (Å²) in [6.45, 7) is 9.82. The smallest absolute Gasteiger partial charge is 0.326 e. The van der Waals surface area contributed by atoms with Gasteiger partial charge in [0.05, 0.1) is 5.92 Å². The quantitative estimate of drug-likeness (QED) is 0.775. The van der Waals surface area contributed by atoms with Gasteiger partial charge in [0, 0.05) is 12.0 Å². The summed E-state index contributed by atoms with van der Waals surface area (Å²) >= 11 is 0. The van der Waals surface area contributed by atoms with E-state index in [1.54, 1.807) is 34.6 Å². The Balaban J connectivity index is 5.51. The Morgan fingerprint density at radius 2 is 1.45 bits per heavy atom. The first-order chi connectivity index (χ1) is 8.89. The molecule has 20 heavy (non-hydrogen) atoms. The highest BCUT2D eigenvalue weighted by molar-refractivity contribution is 5.87. The summed E-state index contributed by atoms with van der Waals surface area (Å²) in [6.07, 6.45) is 0. The molecule has 0 heterocycles. The van der Waals surface area contributed by atoms with Crippen molar-refractivity contribution in [1.29, 1.82) is 0 Å². The summed E-state index contributed by atoms with van der Waals surface area (Å²) in [6, 6.07) is -1.02. The Hall–Kier alpha value is -1.59. The summed E-state index contributed by atoms with van der Waals surface area (Å²) in [5, 5.41) is 18.3. The molecule has 0 aliphatic rings. The van der Waals surface area contributed by atoms with Crippen LogP contribution in [0.4, 0.5) is 0 Å².